The molecule has 0 saturated carbocycles. The molecule has 0 aliphatic heterocycles. The molecule has 0 aromatic rings. The van der Waals surface area contributed by atoms with Gasteiger partial charge in [0.2, 0.25) is 0 Å². The average Bonchev–Trinajstić information content (AvgIpc) is 2.36. The SMILES string of the molecule is S[B]C([B]S)([B]S)[B]S.S[B]C([B]S)[B]S. The summed E-state index contributed by atoms with van der Waals surface area (Å²) < 4.78 is 0. The fourth-order valence-electron chi connectivity index (χ4n) is 0.315. The molecule has 0 aromatic heterocycles. The van der Waals surface area contributed by atoms with Crippen LogP contribution in [-0.4, -0.2) is 45.9 Å². The van der Waals surface area contributed by atoms with Crippen molar-refractivity contribution in [2.24, 2.45) is 0 Å². The summed E-state index contributed by atoms with van der Waals surface area (Å²) in [5.41, 5.74) is 0.204. The highest BCUT2D eigenvalue weighted by Gasteiger charge is 2.27. The molecule has 0 unspecified atom stereocenters. The lowest BCUT2D eigenvalue weighted by Crippen LogP contribution is -2.30. The van der Waals surface area contributed by atoms with Crippen LogP contribution < -0.4 is 0 Å². The lowest BCUT2D eigenvalue weighted by Gasteiger charge is -2.22. The minimum Gasteiger partial charge on any atom is -0.237 e. The second-order valence-electron chi connectivity index (χ2n) is 2.54. The van der Waals surface area contributed by atoms with Crippen molar-refractivity contribution in [3.05, 3.63) is 0 Å². The predicted molar refractivity (Wildman–Crippen MR) is 110 cm³/mol. The Balaban J connectivity index is 0. The molecule has 0 spiro atoms. The summed E-state index contributed by atoms with van der Waals surface area (Å²) in [6.45, 7) is 11.7. The van der Waals surface area contributed by atoms with Gasteiger partial charge in [-0.25, -0.2) is 87.4 Å². The van der Waals surface area contributed by atoms with Crippen LogP contribution in [0.15, 0.2) is 0 Å². The van der Waals surface area contributed by atoms with Crippen molar-refractivity contribution in [1.29, 1.82) is 0 Å². The summed E-state index contributed by atoms with van der Waals surface area (Å²) >= 11 is 27.6. The fourth-order valence-corrected chi connectivity index (χ4v) is 2.84. The molecule has 0 aliphatic rings. The second kappa shape index (κ2) is 14.3. The molecule has 0 atom stereocenters. The fraction of sp³-hybridized carbons (Fsp3) is 1.00. The Labute approximate surface area is 142 Å². The third-order valence-electron chi connectivity index (χ3n) is 1.41. The van der Waals surface area contributed by atoms with E-state index in [1.54, 1.807) is 45.9 Å². The van der Waals surface area contributed by atoms with Crippen LogP contribution in [0, 0.1) is 0 Å². The molecule has 0 amide bonds. The summed E-state index contributed by atoms with van der Waals surface area (Å²) in [6.07, 6.45) is 0. The molecule has 14 heteroatoms. The van der Waals surface area contributed by atoms with Gasteiger partial charge in [-0.2, -0.15) is 0 Å². The second-order valence-corrected chi connectivity index (χ2v) is 4.47. The largest absolute Gasteiger partial charge is 0.237 e. The van der Waals surface area contributed by atoms with Gasteiger partial charge in [-0.05, 0) is 0 Å². The molecule has 0 heterocycles. The summed E-state index contributed by atoms with van der Waals surface area (Å²) in [5, 5.41) is -0.377. The van der Waals surface area contributed by atoms with E-state index in [4.69, 9.17) is 0 Å². The first kappa shape index (κ1) is 21.2. The van der Waals surface area contributed by atoms with Crippen LogP contribution in [0.5, 0.6) is 0 Å². The zero-order valence-corrected chi connectivity index (χ0v) is 14.5. The molecular weight excluding hydrogens is 324 g/mol. The van der Waals surface area contributed by atoms with E-state index >= 15 is 0 Å². The maximum absolute atomic E-state index is 3.98. The highest BCUT2D eigenvalue weighted by atomic mass is 32.1. The molecule has 0 aliphatic carbocycles. The van der Waals surface area contributed by atoms with Crippen LogP contribution in [0.3, 0.4) is 0 Å². The van der Waals surface area contributed by atoms with Gasteiger partial charge in [-0.1, -0.05) is 10.6 Å². The Bertz CT molecular complexity index is 118. The van der Waals surface area contributed by atoms with E-state index in [0.717, 1.165) is 0 Å². The van der Waals surface area contributed by atoms with Crippen LogP contribution >= 0.6 is 87.4 Å². The standard InChI is InChI=1S/CH4B4S4.CH4B3S3/c6-2-1(3-7,4-8)5-9;5-2-1(3-6)4-7/h6-9H;1,5-7H. The Morgan fingerprint density at radius 1 is 0.562 bits per heavy atom. The molecule has 79 valence electrons. The maximum atomic E-state index is 3.98. The molecule has 0 N–H and O–H groups in total. The van der Waals surface area contributed by atoms with Crippen molar-refractivity contribution < 1.29 is 0 Å². The summed E-state index contributed by atoms with van der Waals surface area (Å²) in [5.74, 6) is 0. The Hall–Kier alpha value is 2.90. The predicted octanol–water partition coefficient (Wildman–Crippen LogP) is 0.550. The van der Waals surface area contributed by atoms with Gasteiger partial charge in [0.25, 0.3) is 0 Å². The lowest BCUT2D eigenvalue weighted by atomic mass is 9.30. The van der Waals surface area contributed by atoms with Crippen molar-refractivity contribution in [3.8, 4) is 0 Å². The highest BCUT2D eigenvalue weighted by Crippen LogP contribution is 2.24. The number of hydrogen-bond acceptors (Lipinski definition) is 7. The van der Waals surface area contributed by atoms with Crippen LogP contribution in [0.1, 0.15) is 0 Å². The molecule has 0 aromatic carbocycles. The topological polar surface area (TPSA) is 0 Å². The van der Waals surface area contributed by atoms with Crippen molar-refractivity contribution in [2.45, 2.75) is 10.6 Å². The molecule has 16 heavy (non-hydrogen) atoms. The molecule has 0 saturated heterocycles. The number of hydrogen-bond donors (Lipinski definition) is 7. The minimum atomic E-state index is -0.377. The Kier molecular flexibility index (Phi) is 19.0. The normalized spacial score (nSPS) is 9.50. The monoisotopic (exact) mass is 333 g/mol. The first-order valence-corrected chi connectivity index (χ1v) is 7.58. The summed E-state index contributed by atoms with van der Waals surface area (Å²) in [6, 6.07) is 0. The van der Waals surface area contributed by atoms with E-state index in [9.17, 15) is 0 Å². The van der Waals surface area contributed by atoms with Crippen LogP contribution in [0.4, 0.5) is 0 Å². The van der Waals surface area contributed by atoms with Crippen molar-refractivity contribution in [3.63, 3.8) is 0 Å². The van der Waals surface area contributed by atoms with E-state index in [2.05, 4.69) is 87.4 Å². The van der Waals surface area contributed by atoms with Gasteiger partial charge in [0.1, 0.15) is 0 Å². The van der Waals surface area contributed by atoms with Gasteiger partial charge in [-0.3, -0.25) is 0 Å². The van der Waals surface area contributed by atoms with Crippen LogP contribution in [0.25, 0.3) is 0 Å². The molecule has 0 bridgehead atoms. The van der Waals surface area contributed by atoms with E-state index in [1.807, 2.05) is 0 Å². The molecule has 0 rings (SSSR count). The minimum absolute atomic E-state index is 0.204. The number of rotatable bonds is 7. The van der Waals surface area contributed by atoms with E-state index < -0.39 is 0 Å². The Morgan fingerprint density at radius 3 is 0.812 bits per heavy atom. The number of thiol groups is 7. The average molecular weight is 332 g/mol. The third kappa shape index (κ3) is 9.79. The summed E-state index contributed by atoms with van der Waals surface area (Å²) in [4.78, 5) is 0. The molecular formula is C2H8B7S7. The van der Waals surface area contributed by atoms with Crippen molar-refractivity contribution in [1.82, 2.24) is 0 Å². The van der Waals surface area contributed by atoms with Gasteiger partial charge < -0.3 is 0 Å². The van der Waals surface area contributed by atoms with Crippen LogP contribution in [0.2, 0.25) is 10.6 Å². The van der Waals surface area contributed by atoms with Crippen molar-refractivity contribution >= 4 is 133 Å². The zero-order valence-electron chi connectivity index (χ0n) is 8.25. The quantitative estimate of drug-likeness (QED) is 0.257. The summed E-state index contributed by atoms with van der Waals surface area (Å²) in [7, 11) is 0. The smallest absolute Gasteiger partial charge is 0.175 e. The van der Waals surface area contributed by atoms with Gasteiger partial charge in [0.05, 0.1) is 0 Å². The van der Waals surface area contributed by atoms with Gasteiger partial charge in [-0.15, -0.1) is 0 Å². The highest BCUT2D eigenvalue weighted by molar-refractivity contribution is 8.19. The molecule has 7 radical (unpaired) electrons. The molecule has 0 nitrogen and oxygen atoms in total. The first-order chi connectivity index (χ1) is 7.59. The van der Waals surface area contributed by atoms with Gasteiger partial charge >= 0.3 is 0 Å². The van der Waals surface area contributed by atoms with E-state index in [1.165, 1.54) is 0 Å². The third-order valence-corrected chi connectivity index (χ3v) is 4.23. The van der Waals surface area contributed by atoms with Crippen molar-refractivity contribution in [2.75, 3.05) is 0 Å². The first-order valence-electron chi connectivity index (χ1n) is 3.96. The van der Waals surface area contributed by atoms with E-state index in [-0.39, 0.29) is 10.6 Å². The lowest BCUT2D eigenvalue weighted by molar-refractivity contribution is 1.67. The van der Waals surface area contributed by atoms with E-state index in [0.29, 0.717) is 0 Å². The maximum Gasteiger partial charge on any atom is 0.175 e. The molecule has 0 fully saturated rings. The van der Waals surface area contributed by atoms with Gasteiger partial charge in [0.15, 0.2) is 45.9 Å². The van der Waals surface area contributed by atoms with Gasteiger partial charge in [0, 0.05) is 0 Å². The zero-order chi connectivity index (χ0) is 13.0. The Morgan fingerprint density at radius 2 is 0.812 bits per heavy atom. The van der Waals surface area contributed by atoms with Crippen LogP contribution in [-0.2, 0) is 0 Å².